The summed E-state index contributed by atoms with van der Waals surface area (Å²) in [5.74, 6) is 0. The van der Waals surface area contributed by atoms with Crippen molar-refractivity contribution in [1.82, 2.24) is 23.8 Å². The molecule has 0 amide bonds. The van der Waals surface area contributed by atoms with Gasteiger partial charge in [0.2, 0.25) is 0 Å². The predicted molar refractivity (Wildman–Crippen MR) is 96.2 cm³/mol. The number of nitrogens with one attached hydrogen (secondary N) is 2. The summed E-state index contributed by atoms with van der Waals surface area (Å²) in [7, 11) is 0. The molecule has 0 aliphatic rings. The first-order valence-electron chi connectivity index (χ1n) is 7.65. The minimum Gasteiger partial charge on any atom is -0.325 e. The third kappa shape index (κ3) is 3.15. The van der Waals surface area contributed by atoms with Gasteiger partial charge < -0.3 is 4.57 Å². The number of hydrogen-bond acceptors (Lipinski definition) is 5. The van der Waals surface area contributed by atoms with Crippen molar-refractivity contribution in [3.63, 3.8) is 0 Å². The maximum absolute atomic E-state index is 12.2. The molecule has 0 spiro atoms. The summed E-state index contributed by atoms with van der Waals surface area (Å²) in [5.41, 5.74) is 2.15. The molecule has 2 heterocycles. The van der Waals surface area contributed by atoms with E-state index in [0.29, 0.717) is 24.3 Å². The van der Waals surface area contributed by atoms with E-state index in [1.54, 1.807) is 22.8 Å². The highest BCUT2D eigenvalue weighted by atomic mass is 32.2. The van der Waals surface area contributed by atoms with Gasteiger partial charge in [-0.3, -0.25) is 19.1 Å². The Hall–Kier alpha value is -2.32. The summed E-state index contributed by atoms with van der Waals surface area (Å²) < 4.78 is 6.43. The summed E-state index contributed by atoms with van der Waals surface area (Å²) in [4.78, 5) is 30.9. The van der Waals surface area contributed by atoms with Gasteiger partial charge >= 0.3 is 5.69 Å². The van der Waals surface area contributed by atoms with Crippen LogP contribution in [0.25, 0.3) is 11.2 Å². The highest BCUT2D eigenvalue weighted by molar-refractivity contribution is 7.96. The first-order valence-corrected chi connectivity index (χ1v) is 8.88. The zero-order valence-corrected chi connectivity index (χ0v) is 14.4. The molecule has 1 aromatic carbocycles. The quantitative estimate of drug-likeness (QED) is 0.658. The van der Waals surface area contributed by atoms with Crippen LogP contribution in [0.5, 0.6) is 0 Å². The molecule has 2 aromatic heterocycles. The molecular weight excluding hydrogens is 326 g/mol. The van der Waals surface area contributed by atoms with Gasteiger partial charge in [-0.25, -0.2) is 9.78 Å². The van der Waals surface area contributed by atoms with Gasteiger partial charge in [0.1, 0.15) is 0 Å². The van der Waals surface area contributed by atoms with Crippen LogP contribution in [0.2, 0.25) is 0 Å². The lowest BCUT2D eigenvalue weighted by Crippen LogP contribution is -2.31. The number of aromatic nitrogens is 4. The number of nitrogens with zero attached hydrogens (tertiary/aromatic N) is 3. The van der Waals surface area contributed by atoms with Gasteiger partial charge in [-0.15, -0.1) is 0 Å². The molecule has 126 valence electrons. The Morgan fingerprint density at radius 1 is 1.21 bits per heavy atom. The number of imidazole rings is 1. The lowest BCUT2D eigenvalue weighted by Gasteiger charge is -2.08. The van der Waals surface area contributed by atoms with Crippen LogP contribution in [0.3, 0.4) is 0 Å². The van der Waals surface area contributed by atoms with Crippen LogP contribution in [-0.2, 0) is 19.6 Å². The zero-order valence-electron chi connectivity index (χ0n) is 13.6. The van der Waals surface area contributed by atoms with Crippen LogP contribution in [0, 0.1) is 0 Å². The van der Waals surface area contributed by atoms with E-state index in [-0.39, 0.29) is 0 Å². The maximum atomic E-state index is 12.2. The zero-order chi connectivity index (χ0) is 17.1. The van der Waals surface area contributed by atoms with Crippen LogP contribution < -0.4 is 16.0 Å². The molecule has 3 rings (SSSR count). The molecular formula is C16H19N5O2S. The van der Waals surface area contributed by atoms with E-state index in [1.165, 1.54) is 10.1 Å². The smallest absolute Gasteiger partial charge is 0.325 e. The van der Waals surface area contributed by atoms with E-state index >= 15 is 0 Å². The van der Waals surface area contributed by atoms with E-state index in [4.69, 9.17) is 0 Å². The lowest BCUT2D eigenvalue weighted by molar-refractivity contribution is 0.742. The minimum absolute atomic E-state index is 0.364. The summed E-state index contributed by atoms with van der Waals surface area (Å²) in [6.45, 7) is 3.69. The Labute approximate surface area is 142 Å². The van der Waals surface area contributed by atoms with Crippen molar-refractivity contribution >= 4 is 23.1 Å². The number of hydrogen-bond donors (Lipinski definition) is 2. The third-order valence-corrected chi connectivity index (χ3v) is 4.31. The fraction of sp³-hybridized carbons (Fsp3) is 0.312. The van der Waals surface area contributed by atoms with Crippen molar-refractivity contribution in [3.05, 3.63) is 62.6 Å². The number of benzene rings is 1. The number of rotatable bonds is 6. The fourth-order valence-corrected chi connectivity index (χ4v) is 2.92. The SMILES string of the molecule is CCn1cnc2c1c(=O)[nH]c(=O)n2Cc1ccc(CNSC)cc1. The largest absolute Gasteiger partial charge is 0.330 e. The molecule has 0 fully saturated rings. The number of H-pyrrole nitrogens is 1. The molecule has 7 nitrogen and oxygen atoms in total. The van der Waals surface area contributed by atoms with Crippen molar-refractivity contribution in [1.29, 1.82) is 0 Å². The van der Waals surface area contributed by atoms with Gasteiger partial charge in [0.25, 0.3) is 5.56 Å². The second-order valence-corrected chi connectivity index (χ2v) is 6.09. The molecule has 0 aliphatic heterocycles. The Morgan fingerprint density at radius 2 is 1.92 bits per heavy atom. The van der Waals surface area contributed by atoms with E-state index in [1.807, 2.05) is 37.4 Å². The van der Waals surface area contributed by atoms with Gasteiger partial charge in [0.05, 0.1) is 12.9 Å². The van der Waals surface area contributed by atoms with Crippen LogP contribution in [-0.4, -0.2) is 25.4 Å². The summed E-state index contributed by atoms with van der Waals surface area (Å²) in [6.07, 6.45) is 3.57. The molecule has 0 unspecified atom stereocenters. The molecule has 0 aliphatic carbocycles. The number of aromatic amines is 1. The van der Waals surface area contributed by atoms with Crippen LogP contribution in [0.4, 0.5) is 0 Å². The van der Waals surface area contributed by atoms with E-state index in [9.17, 15) is 9.59 Å². The van der Waals surface area contributed by atoms with Crippen LogP contribution in [0.15, 0.2) is 40.2 Å². The second kappa shape index (κ2) is 7.06. The van der Waals surface area contributed by atoms with Gasteiger partial charge in [-0.2, -0.15) is 0 Å². The molecule has 24 heavy (non-hydrogen) atoms. The maximum Gasteiger partial charge on any atom is 0.330 e. The van der Waals surface area contributed by atoms with Crippen molar-refractivity contribution < 1.29 is 0 Å². The molecule has 0 saturated carbocycles. The minimum atomic E-state index is -0.443. The molecule has 8 heteroatoms. The fourth-order valence-electron chi connectivity index (χ4n) is 2.61. The van der Waals surface area contributed by atoms with Gasteiger partial charge in [0, 0.05) is 13.1 Å². The second-order valence-electron chi connectivity index (χ2n) is 5.39. The first kappa shape index (κ1) is 16.5. The lowest BCUT2D eigenvalue weighted by atomic mass is 10.1. The monoisotopic (exact) mass is 345 g/mol. The summed E-state index contributed by atoms with van der Waals surface area (Å²) in [5, 5.41) is 0. The van der Waals surface area contributed by atoms with Gasteiger partial charge in [-0.05, 0) is 24.3 Å². The number of fused-ring (bicyclic) bond motifs is 1. The van der Waals surface area contributed by atoms with E-state index in [2.05, 4.69) is 14.7 Å². The molecule has 3 aromatic rings. The average molecular weight is 345 g/mol. The predicted octanol–water partition coefficient (Wildman–Crippen LogP) is 1.32. The van der Waals surface area contributed by atoms with Crippen molar-refractivity contribution in [2.24, 2.45) is 0 Å². The summed E-state index contributed by atoms with van der Waals surface area (Å²) in [6, 6.07) is 8.02. The van der Waals surface area contributed by atoms with E-state index < -0.39 is 11.2 Å². The molecule has 0 atom stereocenters. The van der Waals surface area contributed by atoms with Crippen molar-refractivity contribution in [2.75, 3.05) is 6.26 Å². The molecule has 0 saturated heterocycles. The molecule has 0 bridgehead atoms. The Balaban J connectivity index is 1.97. The summed E-state index contributed by atoms with van der Waals surface area (Å²) >= 11 is 1.57. The third-order valence-electron chi connectivity index (χ3n) is 3.88. The number of aryl methyl sites for hydroxylation is 1. The van der Waals surface area contributed by atoms with Crippen molar-refractivity contribution in [3.8, 4) is 0 Å². The Morgan fingerprint density at radius 3 is 2.58 bits per heavy atom. The van der Waals surface area contributed by atoms with Crippen LogP contribution in [0.1, 0.15) is 18.1 Å². The highest BCUT2D eigenvalue weighted by Crippen LogP contribution is 2.10. The first-order chi connectivity index (χ1) is 11.6. The highest BCUT2D eigenvalue weighted by Gasteiger charge is 2.13. The van der Waals surface area contributed by atoms with Gasteiger partial charge in [-0.1, -0.05) is 36.2 Å². The average Bonchev–Trinajstić information content (AvgIpc) is 3.02. The Kier molecular flexibility index (Phi) is 4.86. The molecule has 2 N–H and O–H groups in total. The van der Waals surface area contributed by atoms with Gasteiger partial charge in [0.15, 0.2) is 11.2 Å². The van der Waals surface area contributed by atoms with E-state index in [0.717, 1.165) is 12.1 Å². The van der Waals surface area contributed by atoms with Crippen LogP contribution >= 0.6 is 11.9 Å². The standard InChI is InChI=1S/C16H19N5O2S/c1-3-20-10-17-14-13(20)15(22)19-16(23)21(14)9-12-6-4-11(5-7-12)8-18-24-2/h4-7,10,18H,3,8-9H2,1-2H3,(H,19,22,23). The normalized spacial score (nSPS) is 11.2. The van der Waals surface area contributed by atoms with Crippen molar-refractivity contribution in [2.45, 2.75) is 26.6 Å². The topological polar surface area (TPSA) is 84.7 Å². The molecule has 0 radical (unpaired) electrons. The Bertz CT molecular complexity index is 955.